The van der Waals surface area contributed by atoms with Crippen molar-refractivity contribution in [3.8, 4) is 0 Å². The molecule has 2 rings (SSSR count). The zero-order valence-electron chi connectivity index (χ0n) is 8.75. The van der Waals surface area contributed by atoms with Crippen molar-refractivity contribution in [2.45, 2.75) is 18.9 Å². The fourth-order valence-corrected chi connectivity index (χ4v) is 1.77. The maximum atomic E-state index is 13.5. The van der Waals surface area contributed by atoms with Crippen LogP contribution in [-0.4, -0.2) is 6.61 Å². The zero-order chi connectivity index (χ0) is 11.5. The van der Waals surface area contributed by atoms with Gasteiger partial charge in [-0.25, -0.2) is 8.78 Å². The highest BCUT2D eigenvalue weighted by molar-refractivity contribution is 5.29. The Labute approximate surface area is 92.7 Å². The molecule has 16 heavy (non-hydrogen) atoms. The van der Waals surface area contributed by atoms with Gasteiger partial charge in [-0.05, 0) is 24.5 Å². The molecule has 0 aliphatic carbocycles. The summed E-state index contributed by atoms with van der Waals surface area (Å²) in [6.07, 6.45) is 3.25. The first-order chi connectivity index (χ1) is 7.68. The predicted molar refractivity (Wildman–Crippen MR) is 56.6 cm³/mol. The molecule has 0 saturated carbocycles. The maximum absolute atomic E-state index is 13.5. The van der Waals surface area contributed by atoms with E-state index in [1.807, 2.05) is 0 Å². The molecule has 1 aliphatic rings. The van der Waals surface area contributed by atoms with E-state index >= 15 is 0 Å². The van der Waals surface area contributed by atoms with E-state index in [-0.39, 0.29) is 0 Å². The summed E-state index contributed by atoms with van der Waals surface area (Å²) >= 11 is 0. The molecule has 2 nitrogen and oxygen atoms in total. The van der Waals surface area contributed by atoms with Crippen LogP contribution in [0.15, 0.2) is 30.0 Å². The van der Waals surface area contributed by atoms with Gasteiger partial charge in [0.25, 0.3) is 0 Å². The van der Waals surface area contributed by atoms with Crippen molar-refractivity contribution in [2.24, 2.45) is 5.73 Å². The fraction of sp³-hybridized carbons (Fsp3) is 0.333. The molecule has 1 heterocycles. The lowest BCUT2D eigenvalue weighted by molar-refractivity contribution is 0.221. The Balaban J connectivity index is 2.26. The van der Waals surface area contributed by atoms with Crippen LogP contribution in [0.3, 0.4) is 0 Å². The molecule has 1 aliphatic heterocycles. The van der Waals surface area contributed by atoms with Crippen LogP contribution in [-0.2, 0) is 4.74 Å². The molecule has 0 aromatic heterocycles. The van der Waals surface area contributed by atoms with Gasteiger partial charge in [0.1, 0.15) is 11.6 Å². The van der Waals surface area contributed by atoms with Gasteiger partial charge in [0.05, 0.1) is 18.9 Å². The van der Waals surface area contributed by atoms with E-state index in [1.165, 1.54) is 12.1 Å². The van der Waals surface area contributed by atoms with Gasteiger partial charge in [-0.15, -0.1) is 0 Å². The second-order valence-corrected chi connectivity index (χ2v) is 3.81. The first-order valence-corrected chi connectivity index (χ1v) is 5.19. The van der Waals surface area contributed by atoms with Gasteiger partial charge in [-0.1, -0.05) is 6.07 Å². The molecule has 2 N–H and O–H groups in total. The van der Waals surface area contributed by atoms with E-state index in [0.29, 0.717) is 12.2 Å². The number of benzene rings is 1. The van der Waals surface area contributed by atoms with E-state index in [1.54, 1.807) is 6.26 Å². The van der Waals surface area contributed by atoms with Crippen LogP contribution >= 0.6 is 0 Å². The Hall–Kier alpha value is -1.42. The maximum Gasteiger partial charge on any atom is 0.131 e. The van der Waals surface area contributed by atoms with Crippen LogP contribution in [0.4, 0.5) is 8.78 Å². The molecule has 0 bridgehead atoms. The van der Waals surface area contributed by atoms with Crippen molar-refractivity contribution >= 4 is 0 Å². The van der Waals surface area contributed by atoms with Crippen molar-refractivity contribution in [3.63, 3.8) is 0 Å². The number of hydrogen-bond donors (Lipinski definition) is 1. The molecule has 86 valence electrons. The summed E-state index contributed by atoms with van der Waals surface area (Å²) in [6, 6.07) is 2.88. The van der Waals surface area contributed by atoms with Gasteiger partial charge in [-0.2, -0.15) is 0 Å². The molecule has 4 heteroatoms. The lowest BCUT2D eigenvalue weighted by Gasteiger charge is -2.20. The average molecular weight is 225 g/mol. The monoisotopic (exact) mass is 225 g/mol. The van der Waals surface area contributed by atoms with E-state index < -0.39 is 17.7 Å². The minimum Gasteiger partial charge on any atom is -0.501 e. The number of nitrogens with two attached hydrogens (primary N) is 1. The van der Waals surface area contributed by atoms with Gasteiger partial charge in [-0.3, -0.25) is 0 Å². The standard InChI is InChI=1S/C12H13F2NO/c13-9-3-4-10(11(14)6-9)12(15)8-2-1-5-16-7-8/h3-4,6-7,12H,1-2,5,15H2. The number of rotatable bonds is 2. The summed E-state index contributed by atoms with van der Waals surface area (Å²) in [6.45, 7) is 0.669. The SMILES string of the molecule is NC(C1=COCCC1)c1ccc(F)cc1F. The van der Waals surface area contributed by atoms with Crippen LogP contribution in [0.5, 0.6) is 0 Å². The van der Waals surface area contributed by atoms with Gasteiger partial charge in [0.15, 0.2) is 0 Å². The molecule has 0 amide bonds. The molecular formula is C12H13F2NO. The van der Waals surface area contributed by atoms with Gasteiger partial charge in [0, 0.05) is 11.6 Å². The lowest BCUT2D eigenvalue weighted by atomic mass is 9.96. The summed E-state index contributed by atoms with van der Waals surface area (Å²) in [5, 5.41) is 0. The lowest BCUT2D eigenvalue weighted by Crippen LogP contribution is -2.17. The van der Waals surface area contributed by atoms with Crippen LogP contribution in [0.1, 0.15) is 24.4 Å². The third-order valence-electron chi connectivity index (χ3n) is 2.66. The quantitative estimate of drug-likeness (QED) is 0.839. The summed E-state index contributed by atoms with van der Waals surface area (Å²) < 4.78 is 31.4. The van der Waals surface area contributed by atoms with E-state index in [4.69, 9.17) is 10.5 Å². The highest BCUT2D eigenvalue weighted by Crippen LogP contribution is 2.27. The van der Waals surface area contributed by atoms with Crippen LogP contribution in [0, 0.1) is 11.6 Å². The molecule has 1 aromatic carbocycles. The Kier molecular flexibility index (Phi) is 3.19. The highest BCUT2D eigenvalue weighted by atomic mass is 19.1. The van der Waals surface area contributed by atoms with Crippen molar-refractivity contribution in [1.82, 2.24) is 0 Å². The third-order valence-corrected chi connectivity index (χ3v) is 2.66. The zero-order valence-corrected chi connectivity index (χ0v) is 8.75. The second kappa shape index (κ2) is 4.61. The Bertz CT molecular complexity index is 417. The first-order valence-electron chi connectivity index (χ1n) is 5.19. The van der Waals surface area contributed by atoms with Crippen molar-refractivity contribution in [2.75, 3.05) is 6.61 Å². The highest BCUT2D eigenvalue weighted by Gasteiger charge is 2.18. The molecule has 0 spiro atoms. The smallest absolute Gasteiger partial charge is 0.131 e. The largest absolute Gasteiger partial charge is 0.501 e. The Morgan fingerprint density at radius 1 is 1.31 bits per heavy atom. The van der Waals surface area contributed by atoms with Crippen molar-refractivity contribution in [1.29, 1.82) is 0 Å². The Morgan fingerprint density at radius 3 is 2.75 bits per heavy atom. The second-order valence-electron chi connectivity index (χ2n) is 3.81. The van der Waals surface area contributed by atoms with Crippen molar-refractivity contribution in [3.05, 3.63) is 47.2 Å². The first kappa shape index (κ1) is 11.1. The van der Waals surface area contributed by atoms with Crippen LogP contribution < -0.4 is 5.73 Å². The minimum atomic E-state index is -0.612. The van der Waals surface area contributed by atoms with Gasteiger partial charge < -0.3 is 10.5 Å². The molecule has 0 radical (unpaired) electrons. The molecular weight excluding hydrogens is 212 g/mol. The van der Waals surface area contributed by atoms with Crippen molar-refractivity contribution < 1.29 is 13.5 Å². The molecule has 0 saturated heterocycles. The minimum absolute atomic E-state index is 0.304. The Morgan fingerprint density at radius 2 is 2.12 bits per heavy atom. The van der Waals surface area contributed by atoms with Crippen LogP contribution in [0.25, 0.3) is 0 Å². The third kappa shape index (κ3) is 2.22. The predicted octanol–water partition coefficient (Wildman–Crippen LogP) is 2.66. The van der Waals surface area contributed by atoms with Gasteiger partial charge >= 0.3 is 0 Å². The number of halogens is 2. The fourth-order valence-electron chi connectivity index (χ4n) is 1.77. The summed E-state index contributed by atoms with van der Waals surface area (Å²) in [4.78, 5) is 0. The summed E-state index contributed by atoms with van der Waals surface area (Å²) in [5.41, 5.74) is 7.06. The molecule has 1 unspecified atom stereocenters. The number of hydrogen-bond acceptors (Lipinski definition) is 2. The topological polar surface area (TPSA) is 35.2 Å². The van der Waals surface area contributed by atoms with Gasteiger partial charge in [0.2, 0.25) is 0 Å². The molecule has 1 atom stereocenters. The summed E-state index contributed by atoms with van der Waals surface area (Å²) in [5.74, 6) is -1.21. The molecule has 1 aromatic rings. The normalized spacial score (nSPS) is 17.6. The number of ether oxygens (including phenoxy) is 1. The summed E-state index contributed by atoms with van der Waals surface area (Å²) in [7, 11) is 0. The molecule has 0 fully saturated rings. The van der Waals surface area contributed by atoms with E-state index in [9.17, 15) is 8.78 Å². The van der Waals surface area contributed by atoms with E-state index in [0.717, 1.165) is 24.5 Å². The van der Waals surface area contributed by atoms with Crippen LogP contribution in [0.2, 0.25) is 0 Å². The van der Waals surface area contributed by atoms with E-state index in [2.05, 4.69) is 0 Å². The average Bonchev–Trinajstić information content (AvgIpc) is 2.29.